The third kappa shape index (κ3) is 8.88. The van der Waals surface area contributed by atoms with Crippen LogP contribution < -0.4 is 5.32 Å². The average molecular weight is 371 g/mol. The molecule has 0 aliphatic heterocycles. The summed E-state index contributed by atoms with van der Waals surface area (Å²) in [6, 6.07) is 5.04. The number of carbonyl (C=O) groups is 2. The molecule has 1 aromatic rings. The van der Waals surface area contributed by atoms with Gasteiger partial charge in [0.1, 0.15) is 11.9 Å². The lowest BCUT2D eigenvalue weighted by molar-refractivity contribution is -0.143. The average Bonchev–Trinajstić information content (AvgIpc) is 2.51. The summed E-state index contributed by atoms with van der Waals surface area (Å²) in [7, 11) is 0. The quantitative estimate of drug-likeness (QED) is 0.651. The van der Waals surface area contributed by atoms with Crippen molar-refractivity contribution < 1.29 is 23.8 Å². The summed E-state index contributed by atoms with van der Waals surface area (Å²) in [5, 5.41) is 11.8. The molecule has 2 N–H and O–H groups in total. The number of carbonyl (C=O) groups excluding carboxylic acids is 1. The summed E-state index contributed by atoms with van der Waals surface area (Å²) >= 11 is 1.42. The lowest BCUT2D eigenvalue weighted by Gasteiger charge is -2.22. The smallest absolute Gasteiger partial charge is 0.326 e. The van der Waals surface area contributed by atoms with Gasteiger partial charge in [0.05, 0.1) is 5.60 Å². The number of ether oxygens (including phenoxy) is 1. The second-order valence-corrected chi connectivity index (χ2v) is 7.91. The molecule has 1 rings (SSSR count). The van der Waals surface area contributed by atoms with Gasteiger partial charge in [0, 0.05) is 29.6 Å². The van der Waals surface area contributed by atoms with Gasteiger partial charge < -0.3 is 15.2 Å². The number of halogens is 1. The van der Waals surface area contributed by atoms with Crippen molar-refractivity contribution in [2.45, 2.75) is 50.7 Å². The fourth-order valence-corrected chi connectivity index (χ4v) is 2.80. The molecule has 0 aliphatic rings. The van der Waals surface area contributed by atoms with Crippen LogP contribution in [0, 0.1) is 11.7 Å². The van der Waals surface area contributed by atoms with Gasteiger partial charge in [0.25, 0.3) is 0 Å². The summed E-state index contributed by atoms with van der Waals surface area (Å²) < 4.78 is 18.4. The van der Waals surface area contributed by atoms with E-state index in [0.717, 1.165) is 4.90 Å². The van der Waals surface area contributed by atoms with Crippen molar-refractivity contribution >= 4 is 23.6 Å². The van der Waals surface area contributed by atoms with Crippen LogP contribution in [0.15, 0.2) is 29.2 Å². The molecule has 5 nitrogen and oxygen atoms in total. The minimum atomic E-state index is -1.08. The molecule has 0 aromatic heterocycles. The minimum absolute atomic E-state index is 0.205. The first-order chi connectivity index (χ1) is 11.6. The number of rotatable bonds is 9. The highest BCUT2D eigenvalue weighted by Crippen LogP contribution is 2.21. The van der Waals surface area contributed by atoms with Gasteiger partial charge in [-0.3, -0.25) is 4.79 Å². The van der Waals surface area contributed by atoms with E-state index in [1.54, 1.807) is 19.1 Å². The Bertz CT molecular complexity index is 571. The summed E-state index contributed by atoms with van der Waals surface area (Å²) in [4.78, 5) is 24.4. The van der Waals surface area contributed by atoms with Crippen LogP contribution in [0.2, 0.25) is 0 Å². The predicted molar refractivity (Wildman–Crippen MR) is 96.2 cm³/mol. The van der Waals surface area contributed by atoms with E-state index in [-0.39, 0.29) is 36.3 Å². The Morgan fingerprint density at radius 2 is 1.88 bits per heavy atom. The Kier molecular flexibility index (Phi) is 8.38. The number of nitrogens with one attached hydrogen (secondary N) is 1. The van der Waals surface area contributed by atoms with Crippen molar-refractivity contribution in [1.82, 2.24) is 5.32 Å². The van der Waals surface area contributed by atoms with E-state index in [0.29, 0.717) is 5.75 Å². The largest absolute Gasteiger partial charge is 0.480 e. The number of carboxylic acid groups (broad SMARTS) is 1. The molecule has 2 unspecified atom stereocenters. The first-order valence-electron chi connectivity index (χ1n) is 8.14. The number of hydrogen-bond acceptors (Lipinski definition) is 4. The fourth-order valence-electron chi connectivity index (χ4n) is 1.88. The van der Waals surface area contributed by atoms with Crippen LogP contribution in [0.4, 0.5) is 4.39 Å². The third-order valence-corrected chi connectivity index (χ3v) is 4.59. The van der Waals surface area contributed by atoms with Gasteiger partial charge in [-0.1, -0.05) is 6.92 Å². The molecule has 140 valence electrons. The van der Waals surface area contributed by atoms with E-state index in [1.807, 2.05) is 20.8 Å². The van der Waals surface area contributed by atoms with Gasteiger partial charge in [-0.2, -0.15) is 0 Å². The molecule has 7 heteroatoms. The van der Waals surface area contributed by atoms with Crippen LogP contribution in [0.3, 0.4) is 0 Å². The van der Waals surface area contributed by atoms with Crippen LogP contribution >= 0.6 is 11.8 Å². The molecule has 1 amide bonds. The zero-order valence-corrected chi connectivity index (χ0v) is 15.9. The van der Waals surface area contributed by atoms with Gasteiger partial charge in [-0.05, 0) is 45.0 Å². The number of thioether (sulfide) groups is 1. The van der Waals surface area contributed by atoms with Gasteiger partial charge in [-0.25, -0.2) is 9.18 Å². The SMILES string of the molecule is CC(CSc1ccc(F)cc1)C(=O)NC(CCOC(C)(C)C)C(=O)O. The van der Waals surface area contributed by atoms with E-state index in [1.165, 1.54) is 23.9 Å². The van der Waals surface area contributed by atoms with Crippen molar-refractivity contribution in [3.8, 4) is 0 Å². The maximum Gasteiger partial charge on any atom is 0.326 e. The number of benzene rings is 1. The lowest BCUT2D eigenvalue weighted by Crippen LogP contribution is -2.44. The summed E-state index contributed by atoms with van der Waals surface area (Å²) in [5.41, 5.74) is -0.355. The van der Waals surface area contributed by atoms with Crippen LogP contribution in [0.25, 0.3) is 0 Å². The first kappa shape index (κ1) is 21.4. The minimum Gasteiger partial charge on any atom is -0.480 e. The zero-order valence-electron chi connectivity index (χ0n) is 15.0. The Balaban J connectivity index is 2.46. The number of aliphatic carboxylic acids is 1. The molecule has 2 atom stereocenters. The zero-order chi connectivity index (χ0) is 19.0. The maximum absolute atomic E-state index is 12.9. The standard InChI is InChI=1S/C18H26FNO4S/c1-12(11-25-14-7-5-13(19)6-8-14)16(21)20-15(17(22)23)9-10-24-18(2,3)4/h5-8,12,15H,9-11H2,1-4H3,(H,20,21)(H,22,23). The molecular formula is C18H26FNO4S. The van der Waals surface area contributed by atoms with Gasteiger partial charge in [-0.15, -0.1) is 11.8 Å². The van der Waals surface area contributed by atoms with Crippen molar-refractivity contribution in [2.75, 3.05) is 12.4 Å². The van der Waals surface area contributed by atoms with Crippen LogP contribution in [-0.4, -0.2) is 41.0 Å². The molecule has 0 radical (unpaired) electrons. The van der Waals surface area contributed by atoms with E-state index in [2.05, 4.69) is 5.32 Å². The Labute approximate surface area is 152 Å². The maximum atomic E-state index is 12.9. The van der Waals surface area contributed by atoms with E-state index >= 15 is 0 Å². The summed E-state index contributed by atoms with van der Waals surface area (Å²) in [6.45, 7) is 7.64. The fraction of sp³-hybridized carbons (Fsp3) is 0.556. The normalized spacial score (nSPS) is 14.0. The Hall–Kier alpha value is -1.60. The van der Waals surface area contributed by atoms with Gasteiger partial charge in [0.2, 0.25) is 5.91 Å². The first-order valence-corrected chi connectivity index (χ1v) is 9.12. The second kappa shape index (κ2) is 9.77. The van der Waals surface area contributed by atoms with E-state index in [9.17, 15) is 19.1 Å². The van der Waals surface area contributed by atoms with Crippen LogP contribution in [0.5, 0.6) is 0 Å². The van der Waals surface area contributed by atoms with Crippen molar-refractivity contribution in [3.63, 3.8) is 0 Å². The molecule has 0 aliphatic carbocycles. The predicted octanol–water partition coefficient (Wildman–Crippen LogP) is 3.33. The van der Waals surface area contributed by atoms with Crippen molar-refractivity contribution in [1.29, 1.82) is 0 Å². The van der Waals surface area contributed by atoms with Crippen LogP contribution in [0.1, 0.15) is 34.1 Å². The summed E-state index contributed by atoms with van der Waals surface area (Å²) in [6.07, 6.45) is 0.205. The summed E-state index contributed by atoms with van der Waals surface area (Å²) in [5.74, 6) is -1.61. The monoisotopic (exact) mass is 371 g/mol. The van der Waals surface area contributed by atoms with E-state index in [4.69, 9.17) is 4.74 Å². The number of amides is 1. The van der Waals surface area contributed by atoms with E-state index < -0.39 is 12.0 Å². The molecule has 1 aromatic carbocycles. The third-order valence-electron chi connectivity index (χ3n) is 3.32. The van der Waals surface area contributed by atoms with Gasteiger partial charge >= 0.3 is 5.97 Å². The number of carboxylic acids is 1. The Morgan fingerprint density at radius 1 is 1.28 bits per heavy atom. The molecule has 0 saturated carbocycles. The Morgan fingerprint density at radius 3 is 2.40 bits per heavy atom. The molecule has 0 heterocycles. The highest BCUT2D eigenvalue weighted by atomic mass is 32.2. The molecule has 0 saturated heterocycles. The van der Waals surface area contributed by atoms with Gasteiger partial charge in [0.15, 0.2) is 0 Å². The van der Waals surface area contributed by atoms with Crippen molar-refractivity contribution in [3.05, 3.63) is 30.1 Å². The highest BCUT2D eigenvalue weighted by Gasteiger charge is 2.23. The molecule has 0 bridgehead atoms. The topological polar surface area (TPSA) is 75.6 Å². The highest BCUT2D eigenvalue weighted by molar-refractivity contribution is 7.99. The molecule has 0 spiro atoms. The molecule has 25 heavy (non-hydrogen) atoms. The number of hydrogen-bond donors (Lipinski definition) is 2. The second-order valence-electron chi connectivity index (χ2n) is 6.81. The lowest BCUT2D eigenvalue weighted by atomic mass is 10.1. The molecule has 0 fully saturated rings. The van der Waals surface area contributed by atoms with Crippen molar-refractivity contribution in [2.24, 2.45) is 5.92 Å². The van der Waals surface area contributed by atoms with Crippen LogP contribution in [-0.2, 0) is 14.3 Å². The molecular weight excluding hydrogens is 345 g/mol.